The van der Waals surface area contributed by atoms with Crippen molar-refractivity contribution in [2.45, 2.75) is 51.7 Å². The van der Waals surface area contributed by atoms with Gasteiger partial charge in [-0.15, -0.1) is 0 Å². The molecular formula is C15H22N2O4. The van der Waals surface area contributed by atoms with Gasteiger partial charge in [0.05, 0.1) is 11.0 Å². The highest BCUT2D eigenvalue weighted by Gasteiger charge is 2.35. The molecule has 0 spiro atoms. The molecule has 1 aliphatic heterocycles. The predicted octanol–water partition coefficient (Wildman–Crippen LogP) is 2.81. The van der Waals surface area contributed by atoms with Crippen molar-refractivity contribution in [2.24, 2.45) is 5.73 Å². The molecule has 116 valence electrons. The third-order valence-corrected chi connectivity index (χ3v) is 3.45. The number of hydrogen-bond acceptors (Lipinski definition) is 5. The van der Waals surface area contributed by atoms with Crippen molar-refractivity contribution >= 4 is 5.69 Å². The molecule has 1 heterocycles. The summed E-state index contributed by atoms with van der Waals surface area (Å²) < 4.78 is 11.9. The van der Waals surface area contributed by atoms with Crippen molar-refractivity contribution in [3.63, 3.8) is 0 Å². The Morgan fingerprint density at radius 2 is 2.14 bits per heavy atom. The summed E-state index contributed by atoms with van der Waals surface area (Å²) in [5, 5.41) is 11.1. The molecule has 2 rings (SSSR count). The first kappa shape index (κ1) is 15.6. The second-order valence-corrected chi connectivity index (χ2v) is 6.63. The van der Waals surface area contributed by atoms with E-state index < -0.39 is 10.5 Å². The molecule has 0 aromatic heterocycles. The number of rotatable bonds is 5. The maximum Gasteiger partial charge on any atom is 0.273 e. The number of ether oxygens (including phenoxy) is 2. The number of non-ortho nitro benzene ring substituents is 1. The third kappa shape index (κ3) is 3.44. The van der Waals surface area contributed by atoms with Crippen LogP contribution in [0.1, 0.15) is 39.7 Å². The van der Waals surface area contributed by atoms with E-state index in [-0.39, 0.29) is 11.3 Å². The number of hydrogen-bond donors (Lipinski definition) is 1. The normalized spacial score (nSPS) is 16.2. The molecule has 6 nitrogen and oxygen atoms in total. The smallest absolute Gasteiger partial charge is 0.273 e. The van der Waals surface area contributed by atoms with Crippen LogP contribution in [0.2, 0.25) is 0 Å². The maximum absolute atomic E-state index is 11.1. The molecule has 1 aromatic rings. The quantitative estimate of drug-likeness (QED) is 0.666. The highest BCUT2D eigenvalue weighted by Crippen LogP contribution is 2.45. The molecule has 0 amide bonds. The molecule has 0 bridgehead atoms. The number of fused-ring (bicyclic) bond motifs is 1. The predicted molar refractivity (Wildman–Crippen MR) is 79.9 cm³/mol. The van der Waals surface area contributed by atoms with E-state index in [0.717, 1.165) is 5.56 Å². The van der Waals surface area contributed by atoms with Crippen LogP contribution < -0.4 is 15.2 Å². The van der Waals surface area contributed by atoms with Crippen LogP contribution in [0, 0.1) is 10.1 Å². The summed E-state index contributed by atoms with van der Waals surface area (Å²) in [5.74, 6) is 1.03. The molecule has 0 radical (unpaired) electrons. The van der Waals surface area contributed by atoms with Gasteiger partial charge in [-0.2, -0.15) is 0 Å². The van der Waals surface area contributed by atoms with E-state index in [1.54, 1.807) is 6.07 Å². The fourth-order valence-electron chi connectivity index (χ4n) is 2.54. The zero-order valence-corrected chi connectivity index (χ0v) is 12.9. The molecule has 0 unspecified atom stereocenters. The minimum Gasteiger partial charge on any atom is -0.484 e. The Morgan fingerprint density at radius 1 is 1.48 bits per heavy atom. The Labute approximate surface area is 124 Å². The Bertz CT molecular complexity index is 567. The molecule has 0 atom stereocenters. The first-order chi connectivity index (χ1) is 9.63. The lowest BCUT2D eigenvalue weighted by Gasteiger charge is -2.27. The van der Waals surface area contributed by atoms with Gasteiger partial charge in [0.1, 0.15) is 11.2 Å². The Balaban J connectivity index is 2.43. The number of nitro benzene ring substituents is 1. The van der Waals surface area contributed by atoms with Gasteiger partial charge in [0.15, 0.2) is 11.5 Å². The van der Waals surface area contributed by atoms with Gasteiger partial charge in [-0.3, -0.25) is 10.1 Å². The van der Waals surface area contributed by atoms with Crippen molar-refractivity contribution in [3.05, 3.63) is 27.8 Å². The van der Waals surface area contributed by atoms with Gasteiger partial charge in [-0.1, -0.05) is 0 Å². The molecular weight excluding hydrogens is 272 g/mol. The molecule has 2 N–H and O–H groups in total. The lowest BCUT2D eigenvalue weighted by Crippen LogP contribution is -2.31. The van der Waals surface area contributed by atoms with E-state index in [0.29, 0.717) is 30.9 Å². The monoisotopic (exact) mass is 294 g/mol. The fraction of sp³-hybridized carbons (Fsp3) is 0.600. The SMILES string of the molecule is CC(C)(CCN)Oc1cc([N+](=O)[O-])cc2c1OC(C)(C)C2. The van der Waals surface area contributed by atoms with Crippen LogP contribution in [0.3, 0.4) is 0 Å². The van der Waals surface area contributed by atoms with Crippen molar-refractivity contribution < 1.29 is 14.4 Å². The minimum absolute atomic E-state index is 0.0219. The summed E-state index contributed by atoms with van der Waals surface area (Å²) in [5.41, 5.74) is 5.53. The van der Waals surface area contributed by atoms with Gasteiger partial charge in [0.25, 0.3) is 5.69 Å². The topological polar surface area (TPSA) is 87.6 Å². The van der Waals surface area contributed by atoms with Crippen molar-refractivity contribution in [1.29, 1.82) is 0 Å². The zero-order chi connectivity index (χ0) is 15.8. The average molecular weight is 294 g/mol. The molecule has 0 saturated carbocycles. The van der Waals surface area contributed by atoms with Gasteiger partial charge in [-0.25, -0.2) is 0 Å². The Morgan fingerprint density at radius 3 is 2.71 bits per heavy atom. The second-order valence-electron chi connectivity index (χ2n) is 6.63. The number of benzene rings is 1. The highest BCUT2D eigenvalue weighted by molar-refractivity contribution is 5.57. The van der Waals surface area contributed by atoms with Crippen molar-refractivity contribution in [1.82, 2.24) is 0 Å². The van der Waals surface area contributed by atoms with Crippen LogP contribution in [-0.2, 0) is 6.42 Å². The van der Waals surface area contributed by atoms with Gasteiger partial charge in [0, 0.05) is 18.1 Å². The molecule has 1 aliphatic rings. The third-order valence-electron chi connectivity index (χ3n) is 3.45. The summed E-state index contributed by atoms with van der Waals surface area (Å²) in [6.45, 7) is 8.20. The van der Waals surface area contributed by atoms with E-state index in [2.05, 4.69) is 0 Å². The first-order valence-electron chi connectivity index (χ1n) is 7.03. The largest absolute Gasteiger partial charge is 0.484 e. The van der Waals surface area contributed by atoms with E-state index in [1.165, 1.54) is 6.07 Å². The lowest BCUT2D eigenvalue weighted by molar-refractivity contribution is -0.385. The highest BCUT2D eigenvalue weighted by atomic mass is 16.6. The number of nitrogens with zero attached hydrogens (tertiary/aromatic N) is 1. The molecule has 1 aromatic carbocycles. The molecule has 0 aliphatic carbocycles. The van der Waals surface area contributed by atoms with Crippen LogP contribution in [-0.4, -0.2) is 22.7 Å². The van der Waals surface area contributed by atoms with Crippen molar-refractivity contribution in [2.75, 3.05) is 6.54 Å². The van der Waals surface area contributed by atoms with E-state index in [4.69, 9.17) is 15.2 Å². The van der Waals surface area contributed by atoms with E-state index in [1.807, 2.05) is 27.7 Å². The van der Waals surface area contributed by atoms with Crippen LogP contribution in [0.5, 0.6) is 11.5 Å². The summed E-state index contributed by atoms with van der Waals surface area (Å²) in [6.07, 6.45) is 1.27. The maximum atomic E-state index is 11.1. The molecule has 0 fully saturated rings. The Hall–Kier alpha value is -1.82. The lowest BCUT2D eigenvalue weighted by atomic mass is 10.0. The van der Waals surface area contributed by atoms with Crippen LogP contribution >= 0.6 is 0 Å². The van der Waals surface area contributed by atoms with Gasteiger partial charge in [0.2, 0.25) is 0 Å². The van der Waals surface area contributed by atoms with Crippen LogP contribution in [0.25, 0.3) is 0 Å². The number of nitro groups is 1. The summed E-state index contributed by atoms with van der Waals surface area (Å²) >= 11 is 0. The van der Waals surface area contributed by atoms with Crippen LogP contribution in [0.4, 0.5) is 5.69 Å². The molecule has 0 saturated heterocycles. The first-order valence-corrected chi connectivity index (χ1v) is 7.03. The van der Waals surface area contributed by atoms with E-state index in [9.17, 15) is 10.1 Å². The van der Waals surface area contributed by atoms with Gasteiger partial charge >= 0.3 is 0 Å². The van der Waals surface area contributed by atoms with Gasteiger partial charge in [-0.05, 0) is 40.7 Å². The number of nitrogens with two attached hydrogens (primary N) is 1. The summed E-state index contributed by atoms with van der Waals surface area (Å²) in [4.78, 5) is 10.7. The molecule has 6 heteroatoms. The van der Waals surface area contributed by atoms with E-state index >= 15 is 0 Å². The summed E-state index contributed by atoms with van der Waals surface area (Å²) in [7, 11) is 0. The van der Waals surface area contributed by atoms with Crippen LogP contribution in [0.15, 0.2) is 12.1 Å². The fourth-order valence-corrected chi connectivity index (χ4v) is 2.54. The second kappa shape index (κ2) is 5.18. The summed E-state index contributed by atoms with van der Waals surface area (Å²) in [6, 6.07) is 2.99. The van der Waals surface area contributed by atoms with Crippen molar-refractivity contribution in [3.8, 4) is 11.5 Å². The average Bonchev–Trinajstić information content (AvgIpc) is 2.62. The molecule has 21 heavy (non-hydrogen) atoms. The standard InChI is InChI=1S/C15H22N2O4/c1-14(2,5-6-16)20-12-8-11(17(18)19)7-10-9-15(3,4)21-13(10)12/h7-8H,5-6,9,16H2,1-4H3. The van der Waals surface area contributed by atoms with Gasteiger partial charge < -0.3 is 15.2 Å². The minimum atomic E-state index is -0.506. The Kier molecular flexibility index (Phi) is 3.84. The zero-order valence-electron chi connectivity index (χ0n) is 12.9.